The van der Waals surface area contributed by atoms with Gasteiger partial charge in [0.05, 0.1) is 25.2 Å². The van der Waals surface area contributed by atoms with Gasteiger partial charge in [-0.25, -0.2) is 0 Å². The van der Waals surface area contributed by atoms with Gasteiger partial charge in [0.15, 0.2) is 6.10 Å². The van der Waals surface area contributed by atoms with Crippen LogP contribution in [0.3, 0.4) is 0 Å². The van der Waals surface area contributed by atoms with Crippen molar-refractivity contribution < 1.29 is 28.1 Å². The molecule has 2 rings (SSSR count). The highest BCUT2D eigenvalue weighted by Crippen LogP contribution is 2.34. The molecule has 0 saturated carbocycles. The second-order valence-corrected chi connectivity index (χ2v) is 5.75. The zero-order chi connectivity index (χ0) is 14.1. The van der Waals surface area contributed by atoms with Crippen LogP contribution in [0.4, 0.5) is 13.2 Å². The summed E-state index contributed by atoms with van der Waals surface area (Å²) in [5, 5.41) is 18.5. The molecule has 19 heavy (non-hydrogen) atoms. The number of hydrogen-bond donors (Lipinski definition) is 2. The number of alkyl halides is 3. The fraction of sp³-hybridized carbons (Fsp3) is 1.00. The van der Waals surface area contributed by atoms with Crippen molar-refractivity contribution >= 4 is 0 Å². The van der Waals surface area contributed by atoms with Crippen molar-refractivity contribution in [3.8, 4) is 0 Å². The third-order valence-corrected chi connectivity index (χ3v) is 4.13. The third kappa shape index (κ3) is 3.39. The molecule has 0 spiro atoms. The monoisotopic (exact) mass is 283 g/mol. The Labute approximate surface area is 110 Å². The molecule has 2 N–H and O–H groups in total. The van der Waals surface area contributed by atoms with Gasteiger partial charge in [0, 0.05) is 6.54 Å². The first kappa shape index (κ1) is 15.0. The standard InChI is InChI=1S/C12H20F3NO3/c13-12(14,15)10(18)9-1-3-16(4-2-9)5-11(6-17)7-19-8-11/h9-10,17-18H,1-8H2. The summed E-state index contributed by atoms with van der Waals surface area (Å²) in [6.45, 7) is 2.76. The highest BCUT2D eigenvalue weighted by molar-refractivity contribution is 4.90. The van der Waals surface area contributed by atoms with Crippen molar-refractivity contribution in [3.05, 3.63) is 0 Å². The van der Waals surface area contributed by atoms with Gasteiger partial charge in [-0.1, -0.05) is 0 Å². The van der Waals surface area contributed by atoms with Crippen molar-refractivity contribution in [2.24, 2.45) is 11.3 Å². The summed E-state index contributed by atoms with van der Waals surface area (Å²) in [7, 11) is 0. The number of halogens is 3. The smallest absolute Gasteiger partial charge is 0.396 e. The van der Waals surface area contributed by atoms with Crippen LogP contribution in [0, 0.1) is 11.3 Å². The lowest BCUT2D eigenvalue weighted by Gasteiger charge is -2.45. The summed E-state index contributed by atoms with van der Waals surface area (Å²) in [6, 6.07) is 0. The van der Waals surface area contributed by atoms with E-state index < -0.39 is 18.2 Å². The van der Waals surface area contributed by atoms with E-state index in [1.54, 1.807) is 0 Å². The van der Waals surface area contributed by atoms with Crippen LogP contribution in [0.1, 0.15) is 12.8 Å². The minimum Gasteiger partial charge on any atom is -0.396 e. The Morgan fingerprint density at radius 3 is 2.21 bits per heavy atom. The van der Waals surface area contributed by atoms with Crippen molar-refractivity contribution in [3.63, 3.8) is 0 Å². The van der Waals surface area contributed by atoms with E-state index in [9.17, 15) is 23.4 Å². The van der Waals surface area contributed by atoms with E-state index in [1.807, 2.05) is 0 Å². The predicted molar refractivity (Wildman–Crippen MR) is 61.6 cm³/mol. The minimum absolute atomic E-state index is 0.0398. The second kappa shape index (κ2) is 5.55. The van der Waals surface area contributed by atoms with Crippen LogP contribution in [-0.4, -0.2) is 66.8 Å². The Morgan fingerprint density at radius 2 is 1.84 bits per heavy atom. The number of likely N-dealkylation sites (tertiary alicyclic amines) is 1. The van der Waals surface area contributed by atoms with E-state index >= 15 is 0 Å². The maximum atomic E-state index is 12.4. The van der Waals surface area contributed by atoms with Crippen molar-refractivity contribution in [2.75, 3.05) is 39.5 Å². The number of ether oxygens (including phenoxy) is 1. The largest absolute Gasteiger partial charge is 0.414 e. The van der Waals surface area contributed by atoms with Crippen molar-refractivity contribution in [1.82, 2.24) is 4.90 Å². The Hall–Kier alpha value is -0.370. The van der Waals surface area contributed by atoms with Crippen molar-refractivity contribution in [2.45, 2.75) is 25.1 Å². The van der Waals surface area contributed by atoms with Gasteiger partial charge in [0.2, 0.25) is 0 Å². The molecule has 0 radical (unpaired) electrons. The maximum Gasteiger partial charge on any atom is 0.414 e. The average molecular weight is 283 g/mol. The normalized spacial score (nSPS) is 27.0. The molecule has 1 atom stereocenters. The lowest BCUT2D eigenvalue weighted by molar-refractivity contribution is -0.224. The van der Waals surface area contributed by atoms with Crippen LogP contribution in [0.15, 0.2) is 0 Å². The maximum absolute atomic E-state index is 12.4. The summed E-state index contributed by atoms with van der Waals surface area (Å²) >= 11 is 0. The Balaban J connectivity index is 1.79. The third-order valence-electron chi connectivity index (χ3n) is 4.13. The molecule has 2 aliphatic heterocycles. The molecule has 2 fully saturated rings. The zero-order valence-electron chi connectivity index (χ0n) is 10.7. The first-order chi connectivity index (χ1) is 8.86. The van der Waals surface area contributed by atoms with Gasteiger partial charge in [-0.3, -0.25) is 0 Å². The first-order valence-corrected chi connectivity index (χ1v) is 6.52. The number of nitrogens with zero attached hydrogens (tertiary/aromatic N) is 1. The van der Waals surface area contributed by atoms with Gasteiger partial charge in [-0.15, -0.1) is 0 Å². The van der Waals surface area contributed by atoms with Gasteiger partial charge < -0.3 is 19.8 Å². The van der Waals surface area contributed by atoms with Crippen molar-refractivity contribution in [1.29, 1.82) is 0 Å². The number of aliphatic hydroxyl groups is 2. The van der Waals surface area contributed by atoms with E-state index in [0.717, 1.165) is 0 Å². The molecule has 0 aliphatic carbocycles. The molecule has 0 bridgehead atoms. The number of aliphatic hydroxyl groups excluding tert-OH is 2. The fourth-order valence-corrected chi connectivity index (χ4v) is 2.79. The second-order valence-electron chi connectivity index (χ2n) is 5.75. The van der Waals surface area contributed by atoms with Gasteiger partial charge in [0.25, 0.3) is 0 Å². The highest BCUT2D eigenvalue weighted by Gasteiger charge is 2.45. The SMILES string of the molecule is OCC1(CN2CCC(C(O)C(F)(F)F)CC2)COC1. The Bertz CT molecular complexity index is 294. The fourth-order valence-electron chi connectivity index (χ4n) is 2.79. The van der Waals surface area contributed by atoms with Gasteiger partial charge in [0.1, 0.15) is 0 Å². The van der Waals surface area contributed by atoms with Gasteiger partial charge in [-0.2, -0.15) is 13.2 Å². The van der Waals surface area contributed by atoms with Crippen LogP contribution in [0.25, 0.3) is 0 Å². The Kier molecular flexibility index (Phi) is 4.39. The topological polar surface area (TPSA) is 52.9 Å². The molecular weight excluding hydrogens is 263 g/mol. The summed E-state index contributed by atoms with van der Waals surface area (Å²) in [4.78, 5) is 2.05. The summed E-state index contributed by atoms with van der Waals surface area (Å²) in [5.41, 5.74) is -0.241. The van der Waals surface area contributed by atoms with Crippen LogP contribution in [0.2, 0.25) is 0 Å². The Morgan fingerprint density at radius 1 is 1.26 bits per heavy atom. The lowest BCUT2D eigenvalue weighted by Crippen LogP contribution is -2.55. The van der Waals surface area contributed by atoms with E-state index in [0.29, 0.717) is 45.7 Å². The van der Waals surface area contributed by atoms with Crippen LogP contribution in [-0.2, 0) is 4.74 Å². The lowest BCUT2D eigenvalue weighted by atomic mass is 9.84. The number of hydrogen-bond acceptors (Lipinski definition) is 4. The minimum atomic E-state index is -4.53. The molecule has 0 aromatic rings. The van der Waals surface area contributed by atoms with E-state index in [2.05, 4.69) is 4.90 Å². The molecular formula is C12H20F3NO3. The van der Waals surface area contributed by atoms with E-state index in [-0.39, 0.29) is 12.0 Å². The number of piperidine rings is 1. The van der Waals surface area contributed by atoms with Crippen LogP contribution < -0.4 is 0 Å². The molecule has 0 amide bonds. The molecule has 2 heterocycles. The molecule has 1 unspecified atom stereocenters. The van der Waals surface area contributed by atoms with Gasteiger partial charge >= 0.3 is 6.18 Å². The molecule has 2 saturated heterocycles. The quantitative estimate of drug-likeness (QED) is 0.794. The first-order valence-electron chi connectivity index (χ1n) is 6.52. The molecule has 112 valence electrons. The van der Waals surface area contributed by atoms with Gasteiger partial charge in [-0.05, 0) is 31.8 Å². The average Bonchev–Trinajstić information content (AvgIpc) is 2.32. The highest BCUT2D eigenvalue weighted by atomic mass is 19.4. The molecule has 0 aromatic heterocycles. The summed E-state index contributed by atoms with van der Waals surface area (Å²) in [5.74, 6) is -0.709. The molecule has 7 heteroatoms. The van der Waals surface area contributed by atoms with Crippen LogP contribution in [0.5, 0.6) is 0 Å². The summed E-state index contributed by atoms with van der Waals surface area (Å²) < 4.78 is 42.3. The van der Waals surface area contributed by atoms with E-state index in [1.165, 1.54) is 0 Å². The molecule has 4 nitrogen and oxygen atoms in total. The van der Waals surface area contributed by atoms with E-state index in [4.69, 9.17) is 4.74 Å². The predicted octanol–water partition coefficient (Wildman–Crippen LogP) is 0.630. The molecule has 0 aromatic carbocycles. The summed E-state index contributed by atoms with van der Waals surface area (Å²) in [6.07, 6.45) is -6.07. The zero-order valence-corrected chi connectivity index (χ0v) is 10.7. The molecule has 2 aliphatic rings. The number of rotatable bonds is 4. The van der Waals surface area contributed by atoms with Crippen LogP contribution >= 0.6 is 0 Å².